The van der Waals surface area contributed by atoms with Crippen LogP contribution in [-0.4, -0.2) is 41.0 Å². The minimum atomic E-state index is -3.54. The molecule has 1 saturated carbocycles. The Morgan fingerprint density at radius 1 is 1.27 bits per heavy atom. The van der Waals surface area contributed by atoms with Crippen molar-refractivity contribution >= 4 is 28.3 Å². The highest BCUT2D eigenvalue weighted by Crippen LogP contribution is 2.28. The van der Waals surface area contributed by atoms with E-state index in [9.17, 15) is 13.2 Å². The Bertz CT molecular complexity index is 603. The summed E-state index contributed by atoms with van der Waals surface area (Å²) in [5, 5.41) is 5.64. The van der Waals surface area contributed by atoms with Crippen molar-refractivity contribution in [1.82, 2.24) is 15.4 Å². The van der Waals surface area contributed by atoms with E-state index in [1.165, 1.54) is 12.1 Å². The van der Waals surface area contributed by atoms with Gasteiger partial charge in [-0.3, -0.25) is 4.79 Å². The van der Waals surface area contributed by atoms with Gasteiger partial charge in [0.05, 0.1) is 4.90 Å². The maximum atomic E-state index is 12.1. The number of benzene rings is 1. The van der Waals surface area contributed by atoms with Gasteiger partial charge >= 0.3 is 0 Å². The Morgan fingerprint density at radius 3 is 2.64 bits per heavy atom. The van der Waals surface area contributed by atoms with E-state index >= 15 is 0 Å². The number of sulfonamides is 1. The number of halogens is 1. The second-order valence-corrected chi connectivity index (χ2v) is 6.95. The Morgan fingerprint density at radius 2 is 2.00 bits per heavy atom. The zero-order valence-electron chi connectivity index (χ0n) is 12.5. The van der Waals surface area contributed by atoms with Crippen LogP contribution in [0.4, 0.5) is 0 Å². The van der Waals surface area contributed by atoms with E-state index in [1.807, 2.05) is 0 Å². The van der Waals surface area contributed by atoms with Gasteiger partial charge in [0, 0.05) is 25.2 Å². The predicted octanol–water partition coefficient (Wildman–Crippen LogP) is 0.746. The lowest BCUT2D eigenvalue weighted by atomic mass is 10.2. The molecule has 1 fully saturated rings. The van der Waals surface area contributed by atoms with Crippen LogP contribution in [0.3, 0.4) is 0 Å². The molecule has 1 aromatic rings. The molecule has 124 valence electrons. The smallest absolute Gasteiger partial charge is 0.251 e. The van der Waals surface area contributed by atoms with Crippen molar-refractivity contribution in [3.63, 3.8) is 0 Å². The summed E-state index contributed by atoms with van der Waals surface area (Å²) in [6.45, 7) is 1.62. The van der Waals surface area contributed by atoms with Gasteiger partial charge in [0.2, 0.25) is 10.0 Å². The molecule has 0 saturated heterocycles. The first-order chi connectivity index (χ1) is 10.0. The first-order valence-electron chi connectivity index (χ1n) is 7.05. The van der Waals surface area contributed by atoms with Gasteiger partial charge in [-0.25, -0.2) is 13.1 Å². The SMILES string of the molecule is CNCCNC(=O)c1cccc(S(=O)(=O)NCC2CC2)c1.Cl. The van der Waals surface area contributed by atoms with E-state index < -0.39 is 10.0 Å². The molecule has 2 rings (SSSR count). The maximum absolute atomic E-state index is 12.1. The second-order valence-electron chi connectivity index (χ2n) is 5.18. The Labute approximate surface area is 137 Å². The van der Waals surface area contributed by atoms with Gasteiger partial charge in [-0.1, -0.05) is 6.07 Å². The van der Waals surface area contributed by atoms with Crippen LogP contribution in [0.1, 0.15) is 23.2 Å². The van der Waals surface area contributed by atoms with Crippen molar-refractivity contribution in [3.05, 3.63) is 29.8 Å². The fourth-order valence-electron chi connectivity index (χ4n) is 1.84. The van der Waals surface area contributed by atoms with Crippen molar-refractivity contribution in [3.8, 4) is 0 Å². The molecular weight excluding hydrogens is 326 g/mol. The van der Waals surface area contributed by atoms with Crippen molar-refractivity contribution in [1.29, 1.82) is 0 Å². The summed E-state index contributed by atoms with van der Waals surface area (Å²) in [6, 6.07) is 6.09. The van der Waals surface area contributed by atoms with Crippen molar-refractivity contribution in [2.75, 3.05) is 26.7 Å². The van der Waals surface area contributed by atoms with E-state index in [4.69, 9.17) is 0 Å². The lowest BCUT2D eigenvalue weighted by Gasteiger charge is -2.08. The van der Waals surface area contributed by atoms with E-state index in [1.54, 1.807) is 19.2 Å². The average Bonchev–Trinajstić information content (AvgIpc) is 3.30. The Kier molecular flexibility index (Phi) is 7.28. The maximum Gasteiger partial charge on any atom is 0.251 e. The van der Waals surface area contributed by atoms with E-state index in [2.05, 4.69) is 15.4 Å². The first kappa shape index (κ1) is 18.9. The summed E-state index contributed by atoms with van der Waals surface area (Å²) in [5.74, 6) is 0.192. The molecule has 6 nitrogen and oxygen atoms in total. The molecule has 0 heterocycles. The van der Waals surface area contributed by atoms with Gasteiger partial charge in [-0.05, 0) is 44.0 Å². The third kappa shape index (κ3) is 5.57. The van der Waals surface area contributed by atoms with Crippen LogP contribution in [0, 0.1) is 5.92 Å². The zero-order valence-corrected chi connectivity index (χ0v) is 14.1. The summed E-state index contributed by atoms with van der Waals surface area (Å²) in [5.41, 5.74) is 0.348. The molecule has 22 heavy (non-hydrogen) atoms. The standard InChI is InChI=1S/C14H21N3O3S.ClH/c1-15-7-8-16-14(18)12-3-2-4-13(9-12)21(19,20)17-10-11-5-6-11;/h2-4,9,11,15,17H,5-8,10H2,1H3,(H,16,18);1H. The summed E-state index contributed by atoms with van der Waals surface area (Å²) in [4.78, 5) is 12.0. The second kappa shape index (κ2) is 8.47. The molecule has 0 atom stereocenters. The molecule has 1 amide bonds. The summed E-state index contributed by atoms with van der Waals surface area (Å²) < 4.78 is 26.9. The number of carbonyl (C=O) groups excluding carboxylic acids is 1. The van der Waals surface area contributed by atoms with Gasteiger partial charge in [-0.2, -0.15) is 0 Å². The van der Waals surface area contributed by atoms with Crippen molar-refractivity contribution in [2.24, 2.45) is 5.92 Å². The minimum absolute atomic E-state index is 0. The molecule has 3 N–H and O–H groups in total. The van der Waals surface area contributed by atoms with Crippen molar-refractivity contribution < 1.29 is 13.2 Å². The Hall–Kier alpha value is -1.15. The lowest BCUT2D eigenvalue weighted by Crippen LogP contribution is -2.31. The molecule has 0 unspecified atom stereocenters. The number of nitrogens with one attached hydrogen (secondary N) is 3. The molecular formula is C14H22ClN3O3S. The number of hydrogen-bond acceptors (Lipinski definition) is 4. The average molecular weight is 348 g/mol. The van der Waals surface area contributed by atoms with E-state index in [-0.39, 0.29) is 23.2 Å². The molecule has 8 heteroatoms. The molecule has 0 radical (unpaired) electrons. The monoisotopic (exact) mass is 347 g/mol. The van der Waals surface area contributed by atoms with Crippen LogP contribution < -0.4 is 15.4 Å². The third-order valence-electron chi connectivity index (χ3n) is 3.33. The van der Waals surface area contributed by atoms with Crippen LogP contribution in [-0.2, 0) is 10.0 Å². The van der Waals surface area contributed by atoms with Gasteiger partial charge in [0.25, 0.3) is 5.91 Å². The number of rotatable bonds is 8. The number of carbonyl (C=O) groups is 1. The van der Waals surface area contributed by atoms with Crippen LogP contribution in [0.15, 0.2) is 29.2 Å². The molecule has 0 aliphatic heterocycles. The van der Waals surface area contributed by atoms with Crippen LogP contribution in [0.25, 0.3) is 0 Å². The van der Waals surface area contributed by atoms with E-state index in [0.29, 0.717) is 31.1 Å². The van der Waals surface area contributed by atoms with Crippen LogP contribution in [0.5, 0.6) is 0 Å². The highest BCUT2D eigenvalue weighted by molar-refractivity contribution is 7.89. The summed E-state index contributed by atoms with van der Waals surface area (Å²) in [7, 11) is -1.74. The molecule has 1 aromatic carbocycles. The zero-order chi connectivity index (χ0) is 15.3. The van der Waals surface area contributed by atoms with Gasteiger partial charge in [-0.15, -0.1) is 12.4 Å². The summed E-state index contributed by atoms with van der Waals surface area (Å²) >= 11 is 0. The molecule has 0 aromatic heterocycles. The molecule has 1 aliphatic rings. The quantitative estimate of drug-likeness (QED) is 0.605. The minimum Gasteiger partial charge on any atom is -0.351 e. The topological polar surface area (TPSA) is 87.3 Å². The van der Waals surface area contributed by atoms with Gasteiger partial charge in [0.15, 0.2) is 0 Å². The first-order valence-corrected chi connectivity index (χ1v) is 8.54. The number of likely N-dealkylation sites (N-methyl/N-ethyl adjacent to an activating group) is 1. The van der Waals surface area contributed by atoms with Crippen LogP contribution >= 0.6 is 12.4 Å². The highest BCUT2D eigenvalue weighted by atomic mass is 35.5. The number of amides is 1. The Balaban J connectivity index is 0.00000242. The number of hydrogen-bond donors (Lipinski definition) is 3. The highest BCUT2D eigenvalue weighted by Gasteiger charge is 2.24. The summed E-state index contributed by atoms with van der Waals surface area (Å²) in [6.07, 6.45) is 2.16. The largest absolute Gasteiger partial charge is 0.351 e. The molecule has 0 spiro atoms. The van der Waals surface area contributed by atoms with Gasteiger partial charge < -0.3 is 10.6 Å². The van der Waals surface area contributed by atoms with Crippen LogP contribution in [0.2, 0.25) is 0 Å². The fourth-order valence-corrected chi connectivity index (χ4v) is 3.00. The van der Waals surface area contributed by atoms with Gasteiger partial charge in [0.1, 0.15) is 0 Å². The lowest BCUT2D eigenvalue weighted by molar-refractivity contribution is 0.0954. The van der Waals surface area contributed by atoms with Crippen molar-refractivity contribution in [2.45, 2.75) is 17.7 Å². The molecule has 0 bridgehead atoms. The van der Waals surface area contributed by atoms with E-state index in [0.717, 1.165) is 12.8 Å². The fraction of sp³-hybridized carbons (Fsp3) is 0.500. The third-order valence-corrected chi connectivity index (χ3v) is 4.75. The molecule has 1 aliphatic carbocycles. The normalized spacial score (nSPS) is 14.2. The predicted molar refractivity (Wildman–Crippen MR) is 87.9 cm³/mol.